The monoisotopic (exact) mass is 678 g/mol. The summed E-state index contributed by atoms with van der Waals surface area (Å²) in [6, 6.07) is 0. The molecule has 0 amide bonds. The molecule has 2 fully saturated rings. The van der Waals surface area contributed by atoms with Crippen LogP contribution in [0.1, 0.15) is 0 Å². The van der Waals surface area contributed by atoms with Gasteiger partial charge >= 0.3 is 66.1 Å². The van der Waals surface area contributed by atoms with Crippen molar-refractivity contribution in [2.75, 3.05) is 0 Å². The van der Waals surface area contributed by atoms with Crippen LogP contribution in [-0.2, 0) is 51.5 Å². The van der Waals surface area contributed by atoms with E-state index in [-0.39, 0.29) is 0 Å². The molecule has 24 nitrogen and oxygen atoms in total. The standard InChI is InChI=1S/3C6H10O8.2Al/c3*7-1(3(9)5(11)12)2(8)4(10)6(13)14;;/h3*1-4,7-10H,(H,11,12)(H,13,14);;/q;;;2*+3/p-6/t1-,2+,3+,4-;1-,2+,3-,4+;1-,2-,3-,4-;;/m..1../s1. The maximum absolute atomic E-state index is 12.2. The van der Waals surface area contributed by atoms with Gasteiger partial charge in [0.1, 0.15) is 36.6 Å². The minimum atomic E-state index is -4.54. The van der Waals surface area contributed by atoms with E-state index >= 15 is 0 Å². The fourth-order valence-corrected chi connectivity index (χ4v) is 5.35. The number of hydrogen-bond donors (Lipinski definition) is 12. The smallest absolute Gasteiger partial charge is 0.549 e. The minimum absolute atomic E-state index is 1.85. The molecule has 0 saturated carbocycles. The van der Waals surface area contributed by atoms with Crippen LogP contribution in [0.25, 0.3) is 0 Å². The van der Waals surface area contributed by atoms with Crippen molar-refractivity contribution in [1.82, 2.24) is 0 Å². The van der Waals surface area contributed by atoms with Gasteiger partial charge in [0.15, 0.2) is 36.6 Å². The largest absolute Gasteiger partial charge is 1.20 e. The summed E-state index contributed by atoms with van der Waals surface area (Å²) in [6.45, 7) is 0. The SMILES string of the molecule is O=C([O][Al]1[O]C(=O)[C@@H](O)[C@@H](O)[C@@H](O)[C@@H](O)C(=O)[O]1)[C@@H](O)[C@H](O)[C@H](O)[C@@H](O)C(=O)[O][Al]1[O]C(=O)[C@H](O)[C@H](O)[C@@H](O)[C@@H](O)C(=O)[O]1. The zero-order valence-electron chi connectivity index (χ0n) is 21.3. The third-order valence-corrected chi connectivity index (χ3v) is 8.26. The minimum Gasteiger partial charge on any atom is -0.549 e. The first-order valence-corrected chi connectivity index (χ1v) is 14.5. The van der Waals surface area contributed by atoms with Crippen LogP contribution in [0.4, 0.5) is 0 Å². The van der Waals surface area contributed by atoms with Crippen molar-refractivity contribution in [3.63, 3.8) is 0 Å². The molecule has 0 aromatic heterocycles. The predicted molar refractivity (Wildman–Crippen MR) is 120 cm³/mol. The Morgan fingerprint density at radius 3 is 0.909 bits per heavy atom. The second-order valence-electron chi connectivity index (χ2n) is 8.81. The third-order valence-electron chi connectivity index (χ3n) is 5.71. The van der Waals surface area contributed by atoms with Gasteiger partial charge in [-0.15, -0.1) is 0 Å². The normalized spacial score (nSPS) is 33.2. The molecule has 2 aliphatic heterocycles. The number of aliphatic hydroxyl groups excluding tert-OH is 12. The van der Waals surface area contributed by atoms with Gasteiger partial charge in [-0.3, -0.25) is 28.8 Å². The molecule has 0 aliphatic carbocycles. The highest BCUT2D eigenvalue weighted by molar-refractivity contribution is 6.45. The van der Waals surface area contributed by atoms with Gasteiger partial charge in [0.2, 0.25) is 0 Å². The van der Waals surface area contributed by atoms with Crippen molar-refractivity contribution in [3.8, 4) is 0 Å². The highest BCUT2D eigenvalue weighted by Crippen LogP contribution is 2.16. The summed E-state index contributed by atoms with van der Waals surface area (Å²) >= 11 is -9.08. The second-order valence-corrected chi connectivity index (χ2v) is 11.4. The van der Waals surface area contributed by atoms with Crippen LogP contribution in [-0.4, -0.2) is 201 Å². The Bertz CT molecular complexity index is 963. The van der Waals surface area contributed by atoms with Crippen molar-refractivity contribution in [2.24, 2.45) is 0 Å². The Labute approximate surface area is 252 Å². The second kappa shape index (κ2) is 15.6. The maximum Gasteiger partial charge on any atom is 1.20 e. The topological polar surface area (TPSA) is 401 Å². The van der Waals surface area contributed by atoms with Gasteiger partial charge in [0.05, 0.1) is 0 Å². The highest BCUT2D eigenvalue weighted by atomic mass is 27.3. The summed E-state index contributed by atoms with van der Waals surface area (Å²) < 4.78 is 26.3. The molecule has 26 heteroatoms. The molecule has 2 saturated heterocycles. The molecule has 0 radical (unpaired) electrons. The van der Waals surface area contributed by atoms with Crippen molar-refractivity contribution in [2.45, 2.75) is 73.2 Å². The fraction of sp³-hybridized carbons (Fsp3) is 0.667. The van der Waals surface area contributed by atoms with Gasteiger partial charge in [-0.05, 0) is 0 Å². The van der Waals surface area contributed by atoms with Crippen LogP contribution in [0.5, 0.6) is 0 Å². The van der Waals surface area contributed by atoms with Gasteiger partial charge in [-0.25, -0.2) is 0 Å². The molecule has 12 atom stereocenters. The Balaban J connectivity index is 2.09. The van der Waals surface area contributed by atoms with Crippen LogP contribution in [0.2, 0.25) is 0 Å². The van der Waals surface area contributed by atoms with Gasteiger partial charge in [0, 0.05) is 0 Å². The summed E-state index contributed by atoms with van der Waals surface area (Å²) in [7, 11) is 0. The molecule has 44 heavy (non-hydrogen) atoms. The van der Waals surface area contributed by atoms with E-state index in [2.05, 4.69) is 22.7 Å². The van der Waals surface area contributed by atoms with E-state index in [1.807, 2.05) is 0 Å². The molecule has 2 aliphatic rings. The van der Waals surface area contributed by atoms with Crippen LogP contribution in [0, 0.1) is 0 Å². The quantitative estimate of drug-likeness (QED) is 0.111. The average molecular weight is 678 g/mol. The molecule has 0 aromatic rings. The lowest BCUT2D eigenvalue weighted by atomic mass is 10.0. The van der Waals surface area contributed by atoms with E-state index in [4.69, 9.17) is 0 Å². The Kier molecular flexibility index (Phi) is 13.3. The summed E-state index contributed by atoms with van der Waals surface area (Å²) in [5.41, 5.74) is 0. The molecule has 2 heterocycles. The van der Waals surface area contributed by atoms with Gasteiger partial charge in [-0.1, -0.05) is 0 Å². The lowest BCUT2D eigenvalue weighted by Crippen LogP contribution is -2.53. The van der Waals surface area contributed by atoms with E-state index < -0.39 is 139 Å². The number of carbonyl (C=O) groups excluding carboxylic acids is 6. The summed E-state index contributed by atoms with van der Waals surface area (Å²) in [5.74, 6) is -11.6. The zero-order chi connectivity index (χ0) is 33.8. The number of rotatable bonds is 7. The van der Waals surface area contributed by atoms with Crippen LogP contribution in [0.3, 0.4) is 0 Å². The molecule has 246 valence electrons. The number of hydrogen-bond acceptors (Lipinski definition) is 24. The first-order valence-electron chi connectivity index (χ1n) is 11.7. The first kappa shape index (κ1) is 37.6. The van der Waals surface area contributed by atoms with Crippen molar-refractivity contribution < 1.29 is 113 Å². The van der Waals surface area contributed by atoms with E-state index in [1.165, 1.54) is 0 Å². The van der Waals surface area contributed by atoms with Crippen LogP contribution < -0.4 is 0 Å². The lowest BCUT2D eigenvalue weighted by molar-refractivity contribution is -0.176. The van der Waals surface area contributed by atoms with E-state index in [0.29, 0.717) is 0 Å². The highest BCUT2D eigenvalue weighted by Gasteiger charge is 2.57. The molecule has 0 unspecified atom stereocenters. The van der Waals surface area contributed by atoms with Crippen LogP contribution >= 0.6 is 0 Å². The van der Waals surface area contributed by atoms with Crippen molar-refractivity contribution >= 4 is 66.1 Å². The summed E-state index contributed by atoms with van der Waals surface area (Å²) in [4.78, 5) is 71.9. The van der Waals surface area contributed by atoms with Crippen molar-refractivity contribution in [1.29, 1.82) is 0 Å². The molecular formula is C18H24Al2O24. The molecule has 12 N–H and O–H groups in total. The lowest BCUT2D eigenvalue weighted by Gasteiger charge is -2.26. The van der Waals surface area contributed by atoms with E-state index in [9.17, 15) is 90.0 Å². The van der Waals surface area contributed by atoms with Crippen molar-refractivity contribution in [3.05, 3.63) is 0 Å². The maximum atomic E-state index is 12.2. The number of carbonyl (C=O) groups is 6. The fourth-order valence-electron chi connectivity index (χ4n) is 3.09. The van der Waals surface area contributed by atoms with Gasteiger partial charge < -0.3 is 84.0 Å². The molecule has 0 bridgehead atoms. The molecule has 2 rings (SSSR count). The van der Waals surface area contributed by atoms with Gasteiger partial charge in [0.25, 0.3) is 0 Å². The van der Waals surface area contributed by atoms with E-state index in [0.717, 1.165) is 0 Å². The number of aliphatic hydroxyl groups is 12. The van der Waals surface area contributed by atoms with Gasteiger partial charge in [-0.2, -0.15) is 0 Å². The Hall–Kier alpha value is -2.60. The predicted octanol–water partition coefficient (Wildman–Crippen LogP) is -11.4. The molecular weight excluding hydrogens is 654 g/mol. The Morgan fingerprint density at radius 2 is 0.705 bits per heavy atom. The zero-order valence-corrected chi connectivity index (χ0v) is 23.7. The average Bonchev–Trinajstić information content (AvgIpc) is 3.02. The summed E-state index contributed by atoms with van der Waals surface area (Å²) in [5, 5.41) is 117. The molecule has 0 spiro atoms. The molecule has 0 aromatic carbocycles. The Morgan fingerprint density at radius 1 is 0.500 bits per heavy atom. The van der Waals surface area contributed by atoms with E-state index in [1.54, 1.807) is 0 Å². The first-order chi connectivity index (χ1) is 20.3. The van der Waals surface area contributed by atoms with Crippen LogP contribution in [0.15, 0.2) is 0 Å². The third kappa shape index (κ3) is 8.77. The summed E-state index contributed by atoms with van der Waals surface area (Å²) in [6.07, 6.45) is -32.2.